The zero-order chi connectivity index (χ0) is 20.5. The fourth-order valence-electron chi connectivity index (χ4n) is 3.59. The molecule has 6 nitrogen and oxygen atoms in total. The van der Waals surface area contributed by atoms with Crippen LogP contribution in [0.1, 0.15) is 40.3 Å². The highest BCUT2D eigenvalue weighted by Gasteiger charge is 2.22. The molecule has 3 heterocycles. The van der Waals surface area contributed by atoms with Crippen molar-refractivity contribution in [2.75, 3.05) is 13.2 Å². The molecule has 0 saturated carbocycles. The lowest BCUT2D eigenvalue weighted by Gasteiger charge is -2.22. The molecule has 0 aliphatic carbocycles. The van der Waals surface area contributed by atoms with Crippen LogP contribution in [0.2, 0.25) is 0 Å². The van der Waals surface area contributed by atoms with Gasteiger partial charge in [-0.3, -0.25) is 4.79 Å². The van der Waals surface area contributed by atoms with Gasteiger partial charge in [0.15, 0.2) is 11.5 Å². The number of nitrogens with one attached hydrogen (secondary N) is 1. The Morgan fingerprint density at radius 1 is 1.17 bits per heavy atom. The lowest BCUT2D eigenvalue weighted by atomic mass is 10.1. The van der Waals surface area contributed by atoms with E-state index in [1.807, 2.05) is 61.7 Å². The molecule has 3 aromatic rings. The van der Waals surface area contributed by atoms with E-state index < -0.39 is 0 Å². The molecule has 1 N–H and O–H groups in total. The van der Waals surface area contributed by atoms with E-state index in [9.17, 15) is 4.79 Å². The molecule has 0 bridgehead atoms. The molecule has 0 saturated heterocycles. The van der Waals surface area contributed by atoms with Gasteiger partial charge >= 0.3 is 0 Å². The van der Waals surface area contributed by atoms with Gasteiger partial charge < -0.3 is 19.4 Å². The second-order valence-electron chi connectivity index (χ2n) is 7.02. The Morgan fingerprint density at radius 2 is 1.90 bits per heavy atom. The molecule has 2 aromatic heterocycles. The fourth-order valence-corrected chi connectivity index (χ4v) is 4.26. The molecule has 1 aliphatic rings. The molecular formula is C22H22BrN3O3. The molecule has 0 radical (unpaired) electrons. The number of pyridine rings is 1. The van der Waals surface area contributed by atoms with Gasteiger partial charge in [-0.15, -0.1) is 0 Å². The smallest absolute Gasteiger partial charge is 0.253 e. The predicted octanol–water partition coefficient (Wildman–Crippen LogP) is 4.51. The van der Waals surface area contributed by atoms with E-state index >= 15 is 0 Å². The number of ether oxygens (including phenoxy) is 2. The summed E-state index contributed by atoms with van der Waals surface area (Å²) in [7, 11) is 0. The maximum absolute atomic E-state index is 13.0. The van der Waals surface area contributed by atoms with Crippen molar-refractivity contribution in [1.29, 1.82) is 0 Å². The number of halogens is 1. The first kappa shape index (κ1) is 19.5. The molecule has 1 unspecified atom stereocenters. The maximum Gasteiger partial charge on any atom is 0.253 e. The Labute approximate surface area is 178 Å². The lowest BCUT2D eigenvalue weighted by Crippen LogP contribution is -2.27. The van der Waals surface area contributed by atoms with Crippen molar-refractivity contribution in [2.45, 2.75) is 26.8 Å². The summed E-state index contributed by atoms with van der Waals surface area (Å²) in [5, 5.41) is 3.09. The second-order valence-corrected chi connectivity index (χ2v) is 7.88. The number of nitrogens with zero attached hydrogens (tertiary/aromatic N) is 2. The largest absolute Gasteiger partial charge is 0.486 e. The third-order valence-corrected chi connectivity index (χ3v) is 5.72. The number of rotatable bonds is 4. The number of amides is 1. The number of aryl methyl sites for hydroxylation is 1. The molecule has 1 aromatic carbocycles. The van der Waals surface area contributed by atoms with Crippen LogP contribution in [0.15, 0.2) is 47.1 Å². The van der Waals surface area contributed by atoms with Crippen molar-refractivity contribution >= 4 is 21.8 Å². The first-order valence-corrected chi connectivity index (χ1v) is 10.2. The van der Waals surface area contributed by atoms with Crippen LogP contribution < -0.4 is 14.8 Å². The average Bonchev–Trinajstić information content (AvgIpc) is 3.02. The van der Waals surface area contributed by atoms with E-state index in [-0.39, 0.29) is 11.9 Å². The number of carbonyl (C=O) groups excluding carboxylic acids is 1. The summed E-state index contributed by atoms with van der Waals surface area (Å²) in [6.07, 6.45) is 1.75. The highest BCUT2D eigenvalue weighted by atomic mass is 79.9. The fraction of sp³-hybridized carbons (Fsp3) is 0.273. The SMILES string of the molecule is Cc1cc(C(=O)NC(C)c2cc3c(cc2Br)OCCO3)c(C)n1-c1ccccn1. The van der Waals surface area contributed by atoms with Crippen LogP contribution in [-0.4, -0.2) is 28.7 Å². The van der Waals surface area contributed by atoms with Crippen LogP contribution in [0.25, 0.3) is 5.82 Å². The van der Waals surface area contributed by atoms with Gasteiger partial charge in [-0.05, 0) is 56.7 Å². The summed E-state index contributed by atoms with van der Waals surface area (Å²) in [5.41, 5.74) is 3.38. The minimum atomic E-state index is -0.217. The van der Waals surface area contributed by atoms with Crippen LogP contribution in [0, 0.1) is 13.8 Å². The third-order valence-electron chi connectivity index (χ3n) is 5.03. The van der Waals surface area contributed by atoms with Crippen LogP contribution >= 0.6 is 15.9 Å². The van der Waals surface area contributed by atoms with Gasteiger partial charge in [-0.25, -0.2) is 4.98 Å². The highest BCUT2D eigenvalue weighted by Crippen LogP contribution is 2.38. The average molecular weight is 456 g/mol. The van der Waals surface area contributed by atoms with Crippen LogP contribution in [0.3, 0.4) is 0 Å². The molecular weight excluding hydrogens is 434 g/mol. The predicted molar refractivity (Wildman–Crippen MR) is 114 cm³/mol. The number of carbonyl (C=O) groups is 1. The van der Waals surface area contributed by atoms with Crippen molar-refractivity contribution < 1.29 is 14.3 Å². The van der Waals surface area contributed by atoms with E-state index in [0.717, 1.165) is 27.2 Å². The summed E-state index contributed by atoms with van der Waals surface area (Å²) in [5.74, 6) is 2.08. The summed E-state index contributed by atoms with van der Waals surface area (Å²) in [6.45, 7) is 6.91. The Bertz CT molecular complexity index is 1060. The third kappa shape index (κ3) is 3.74. The van der Waals surface area contributed by atoms with E-state index in [0.29, 0.717) is 30.3 Å². The molecule has 150 valence electrons. The molecule has 29 heavy (non-hydrogen) atoms. The van der Waals surface area contributed by atoms with E-state index in [1.165, 1.54) is 0 Å². The monoisotopic (exact) mass is 455 g/mol. The van der Waals surface area contributed by atoms with Crippen LogP contribution in [0.4, 0.5) is 0 Å². The molecule has 1 aliphatic heterocycles. The number of fused-ring (bicyclic) bond motifs is 1. The van der Waals surface area contributed by atoms with E-state index in [4.69, 9.17) is 9.47 Å². The zero-order valence-corrected chi connectivity index (χ0v) is 18.1. The number of benzene rings is 1. The van der Waals surface area contributed by atoms with Crippen molar-refractivity contribution in [2.24, 2.45) is 0 Å². The number of hydrogen-bond donors (Lipinski definition) is 1. The summed E-state index contributed by atoms with van der Waals surface area (Å²) < 4.78 is 14.1. The van der Waals surface area contributed by atoms with Gasteiger partial charge in [0.2, 0.25) is 0 Å². The Hall–Kier alpha value is -2.80. The molecule has 4 rings (SSSR count). The van der Waals surface area contributed by atoms with Gasteiger partial charge in [-0.1, -0.05) is 22.0 Å². The molecule has 0 spiro atoms. The van der Waals surface area contributed by atoms with Crippen LogP contribution in [0.5, 0.6) is 11.5 Å². The van der Waals surface area contributed by atoms with Crippen molar-refractivity contribution in [3.05, 3.63) is 69.6 Å². The second kappa shape index (κ2) is 7.91. The topological polar surface area (TPSA) is 65.4 Å². The Kier molecular flexibility index (Phi) is 5.32. The Balaban J connectivity index is 1.59. The number of hydrogen-bond acceptors (Lipinski definition) is 4. The van der Waals surface area contributed by atoms with Crippen molar-refractivity contribution in [1.82, 2.24) is 14.9 Å². The first-order valence-electron chi connectivity index (χ1n) is 9.46. The van der Waals surface area contributed by atoms with Gasteiger partial charge in [0.1, 0.15) is 19.0 Å². The van der Waals surface area contributed by atoms with Gasteiger partial charge in [0.05, 0.1) is 11.6 Å². The minimum absolute atomic E-state index is 0.130. The summed E-state index contributed by atoms with van der Waals surface area (Å²) in [6, 6.07) is 11.2. The van der Waals surface area contributed by atoms with E-state index in [2.05, 4.69) is 26.2 Å². The van der Waals surface area contributed by atoms with Gasteiger partial charge in [0.25, 0.3) is 5.91 Å². The van der Waals surface area contributed by atoms with E-state index in [1.54, 1.807) is 6.20 Å². The maximum atomic E-state index is 13.0. The van der Waals surface area contributed by atoms with Crippen molar-refractivity contribution in [3.63, 3.8) is 0 Å². The highest BCUT2D eigenvalue weighted by molar-refractivity contribution is 9.10. The van der Waals surface area contributed by atoms with Gasteiger partial charge in [-0.2, -0.15) is 0 Å². The van der Waals surface area contributed by atoms with Gasteiger partial charge in [0, 0.05) is 22.1 Å². The normalized spacial score (nSPS) is 13.8. The minimum Gasteiger partial charge on any atom is -0.486 e. The molecule has 1 amide bonds. The lowest BCUT2D eigenvalue weighted by molar-refractivity contribution is 0.0939. The van der Waals surface area contributed by atoms with Crippen molar-refractivity contribution in [3.8, 4) is 17.3 Å². The standard InChI is InChI=1S/C22H22BrN3O3/c1-13-10-17(15(3)26(13)21-6-4-5-7-24-21)22(27)25-14(2)16-11-19-20(12-18(16)23)29-9-8-28-19/h4-7,10-12,14H,8-9H2,1-3H3,(H,25,27). The Morgan fingerprint density at radius 3 is 2.59 bits per heavy atom. The molecule has 7 heteroatoms. The molecule has 1 atom stereocenters. The zero-order valence-electron chi connectivity index (χ0n) is 16.5. The summed E-state index contributed by atoms with van der Waals surface area (Å²) in [4.78, 5) is 17.4. The summed E-state index contributed by atoms with van der Waals surface area (Å²) >= 11 is 3.58. The molecule has 0 fully saturated rings. The first-order chi connectivity index (χ1) is 14.0. The quantitative estimate of drug-likeness (QED) is 0.628. The number of aromatic nitrogens is 2. The van der Waals surface area contributed by atoms with Crippen LogP contribution in [-0.2, 0) is 0 Å².